The number of nitrogens with one attached hydrogen (secondary N) is 5. The maximum atomic E-state index is 15.5. The lowest BCUT2D eigenvalue weighted by molar-refractivity contribution is -0.150. The largest absolute Gasteiger partial charge is 0.461 e. The van der Waals surface area contributed by atoms with Crippen LogP contribution in [0.1, 0.15) is 108 Å². The molecule has 8 N–H and O–H groups in total. The fourth-order valence-corrected chi connectivity index (χ4v) is 9.89. The highest BCUT2D eigenvalue weighted by molar-refractivity contribution is 5.95. The molecule has 0 saturated carbocycles. The van der Waals surface area contributed by atoms with Crippen molar-refractivity contribution in [2.24, 2.45) is 11.1 Å². The summed E-state index contributed by atoms with van der Waals surface area (Å²) in [5, 5.41) is 23.5. The Morgan fingerprint density at radius 2 is 1.14 bits per heavy atom. The molecule has 0 unspecified atom stereocenters. The van der Waals surface area contributed by atoms with Gasteiger partial charge in [-0.2, -0.15) is 0 Å². The number of nitrogens with two attached hydrogens (primary N) is 1. The van der Waals surface area contributed by atoms with Crippen molar-refractivity contribution in [2.45, 2.75) is 130 Å². The number of carbonyl (C=O) groups is 9. The molecule has 4 atom stereocenters. The molecule has 5 rings (SSSR count). The van der Waals surface area contributed by atoms with Crippen LogP contribution < -0.4 is 32.3 Å². The van der Waals surface area contributed by atoms with E-state index in [1.54, 1.807) is 92.2 Å². The Morgan fingerprint density at radius 1 is 0.588 bits per heavy atom. The zero-order valence-electron chi connectivity index (χ0n) is 55.9. The molecular formula is C70H92F2N8O17. The lowest BCUT2D eigenvalue weighted by atomic mass is 9.82. The SMILES string of the molecule is CC(C)(C)OC(=O)NCCOCCOCCOCCOCCC(=O)N[C@@H](CC(N)=O)C(=O)N[C@@H](CCN(C(=O)CO)[C@@H](c1cc(-c2cc(F)ccc2F)cn1Cc1ccccc1)C(C)(C)C)C(=O)NCCC(=O)N[C@H](CCC(=O)OCc1ccccc1)C(=O)OCc1ccccc1. The molecule has 528 valence electrons. The number of aliphatic hydroxyl groups excluding tert-OH is 1. The summed E-state index contributed by atoms with van der Waals surface area (Å²) >= 11 is 0. The summed E-state index contributed by atoms with van der Waals surface area (Å²) < 4.78 is 70.2. The quantitative estimate of drug-likeness (QED) is 0.0137. The molecule has 0 aliphatic rings. The topological polar surface area (TPSA) is 333 Å². The highest BCUT2D eigenvalue weighted by atomic mass is 19.1. The number of aromatic nitrogens is 1. The van der Waals surface area contributed by atoms with E-state index in [9.17, 15) is 52.6 Å². The average molecular weight is 1360 g/mol. The minimum atomic E-state index is -1.65. The number of nitrogens with zero attached hydrogens (tertiary/aromatic N) is 2. The third-order valence-electron chi connectivity index (χ3n) is 14.5. The summed E-state index contributed by atoms with van der Waals surface area (Å²) in [5.41, 5.74) is 6.88. The summed E-state index contributed by atoms with van der Waals surface area (Å²) in [4.78, 5) is 122. The van der Waals surface area contributed by atoms with E-state index in [2.05, 4.69) is 26.6 Å². The number of benzene rings is 4. The van der Waals surface area contributed by atoms with Gasteiger partial charge in [-0.3, -0.25) is 33.6 Å². The van der Waals surface area contributed by atoms with Gasteiger partial charge in [0.25, 0.3) is 0 Å². The van der Waals surface area contributed by atoms with Crippen LogP contribution in [-0.2, 0) is 91.3 Å². The highest BCUT2D eigenvalue weighted by Gasteiger charge is 2.39. The molecule has 0 fully saturated rings. The molecule has 25 nitrogen and oxygen atoms in total. The van der Waals surface area contributed by atoms with Crippen LogP contribution in [0.3, 0.4) is 0 Å². The lowest BCUT2D eigenvalue weighted by Crippen LogP contribution is -2.56. The summed E-state index contributed by atoms with van der Waals surface area (Å²) in [6, 6.07) is 25.9. The molecule has 97 heavy (non-hydrogen) atoms. The van der Waals surface area contributed by atoms with Crippen LogP contribution >= 0.6 is 0 Å². The Balaban J connectivity index is 1.30. The number of ether oxygens (including phenoxy) is 7. The predicted molar refractivity (Wildman–Crippen MR) is 352 cm³/mol. The third-order valence-corrected chi connectivity index (χ3v) is 14.5. The number of rotatable bonds is 42. The van der Waals surface area contributed by atoms with Crippen molar-refractivity contribution in [3.05, 3.63) is 155 Å². The summed E-state index contributed by atoms with van der Waals surface area (Å²) in [6.07, 6.45) is -1.31. The van der Waals surface area contributed by atoms with Gasteiger partial charge in [0, 0.05) is 68.5 Å². The standard InChI is InChI=1S/C70H92F2N8O17/c1-69(2,3)64(58-40-51(53-41-52(71)22-23-54(53)72)44-79(58)43-48-16-10-7-11-17-48)80(62(85)45-81)31-27-55(65(87)74-29-26-60(83)76-56(67(89)96-47-50-20-14-9-15-21-50)24-25-63(86)95-46-49-18-12-8-13-19-49)78-66(88)57(42-59(73)82)77-61(84)28-32-91-34-36-93-38-39-94-37-35-92-33-30-75-68(90)97-70(4,5)6/h7-23,40-41,44,55-57,64,81H,24-39,42-43,45-47H2,1-6H3,(H2,73,82)(H,74,87)(H,75,90)(H,76,83)(H,77,84)(H,78,88)/t55-,56+,57-,64-/m0/s1. The van der Waals surface area contributed by atoms with Gasteiger partial charge < -0.3 is 80.0 Å². The van der Waals surface area contributed by atoms with Crippen molar-refractivity contribution >= 4 is 53.5 Å². The predicted octanol–water partition coefficient (Wildman–Crippen LogP) is 5.86. The van der Waals surface area contributed by atoms with E-state index in [0.717, 1.165) is 29.3 Å². The molecule has 7 amide bonds. The number of hydrogen-bond donors (Lipinski definition) is 7. The second-order valence-corrected chi connectivity index (χ2v) is 24.6. The first-order valence-corrected chi connectivity index (χ1v) is 32.0. The smallest absolute Gasteiger partial charge is 0.407 e. The maximum Gasteiger partial charge on any atom is 0.407 e. The van der Waals surface area contributed by atoms with Crippen molar-refractivity contribution in [1.82, 2.24) is 36.1 Å². The molecule has 0 spiro atoms. The van der Waals surface area contributed by atoms with Gasteiger partial charge >= 0.3 is 18.0 Å². The molecule has 4 aromatic carbocycles. The summed E-state index contributed by atoms with van der Waals surface area (Å²) in [6.45, 7) is 10.6. The number of hydrogen-bond acceptors (Lipinski definition) is 17. The number of alkyl carbamates (subject to hydrolysis) is 1. The third kappa shape index (κ3) is 29.8. The summed E-state index contributed by atoms with van der Waals surface area (Å²) in [7, 11) is 0. The minimum Gasteiger partial charge on any atom is -0.461 e. The zero-order valence-corrected chi connectivity index (χ0v) is 55.9. The fraction of sp³-hybridized carbons (Fsp3) is 0.471. The second-order valence-electron chi connectivity index (χ2n) is 24.6. The number of halogens is 2. The van der Waals surface area contributed by atoms with E-state index in [0.29, 0.717) is 11.3 Å². The zero-order chi connectivity index (χ0) is 70.8. The first-order chi connectivity index (χ1) is 46.3. The number of carbonyl (C=O) groups excluding carboxylic acids is 9. The normalized spacial score (nSPS) is 12.6. The Labute approximate surface area is 564 Å². The Morgan fingerprint density at radius 3 is 1.72 bits per heavy atom. The van der Waals surface area contributed by atoms with Crippen LogP contribution in [-0.4, -0.2) is 171 Å². The molecule has 0 bridgehead atoms. The number of esters is 2. The Bertz CT molecular complexity index is 3310. The average Bonchev–Trinajstić information content (AvgIpc) is 1.66. The van der Waals surface area contributed by atoms with Gasteiger partial charge in [0.15, 0.2) is 0 Å². The molecular weight excluding hydrogens is 1260 g/mol. The van der Waals surface area contributed by atoms with Gasteiger partial charge in [0.05, 0.1) is 65.3 Å². The number of primary amides is 1. The monoisotopic (exact) mass is 1350 g/mol. The molecule has 0 aliphatic carbocycles. The van der Waals surface area contributed by atoms with Crippen molar-refractivity contribution < 1.29 is 90.2 Å². The van der Waals surface area contributed by atoms with E-state index >= 15 is 4.39 Å². The molecule has 0 aliphatic heterocycles. The first-order valence-electron chi connectivity index (χ1n) is 32.0. The lowest BCUT2D eigenvalue weighted by Gasteiger charge is -2.41. The van der Waals surface area contributed by atoms with Crippen LogP contribution in [0.5, 0.6) is 0 Å². The van der Waals surface area contributed by atoms with E-state index in [1.807, 2.05) is 57.2 Å². The fourth-order valence-electron chi connectivity index (χ4n) is 9.89. The van der Waals surface area contributed by atoms with Crippen molar-refractivity contribution in [3.63, 3.8) is 0 Å². The highest BCUT2D eigenvalue weighted by Crippen LogP contribution is 2.41. The van der Waals surface area contributed by atoms with E-state index in [-0.39, 0.29) is 116 Å². The van der Waals surface area contributed by atoms with Gasteiger partial charge in [0.1, 0.15) is 55.2 Å². The molecule has 0 saturated heterocycles. The van der Waals surface area contributed by atoms with Gasteiger partial charge in [-0.25, -0.2) is 18.4 Å². The van der Waals surface area contributed by atoms with Gasteiger partial charge in [0.2, 0.25) is 35.4 Å². The molecule has 1 aromatic heterocycles. The summed E-state index contributed by atoms with van der Waals surface area (Å²) in [5.74, 6) is -8.19. The van der Waals surface area contributed by atoms with Crippen LogP contribution in [0.4, 0.5) is 13.6 Å². The van der Waals surface area contributed by atoms with Crippen LogP contribution in [0, 0.1) is 17.0 Å². The van der Waals surface area contributed by atoms with E-state index < -0.39 is 133 Å². The van der Waals surface area contributed by atoms with E-state index in [4.69, 9.17) is 38.9 Å². The molecule has 0 radical (unpaired) electrons. The molecule has 1 heterocycles. The Hall–Kier alpha value is -9.15. The van der Waals surface area contributed by atoms with Crippen LogP contribution in [0.15, 0.2) is 121 Å². The number of aliphatic hydroxyl groups is 1. The van der Waals surface area contributed by atoms with Crippen molar-refractivity contribution in [1.29, 1.82) is 0 Å². The van der Waals surface area contributed by atoms with E-state index in [1.165, 1.54) is 4.90 Å². The first kappa shape index (κ1) is 78.5. The minimum absolute atomic E-state index is 0.0272. The second kappa shape index (κ2) is 41.1. The Kier molecular flexibility index (Phi) is 33.3. The maximum absolute atomic E-state index is 15.5. The van der Waals surface area contributed by atoms with Crippen LogP contribution in [0.2, 0.25) is 0 Å². The van der Waals surface area contributed by atoms with Crippen molar-refractivity contribution in [3.8, 4) is 11.1 Å². The van der Waals surface area contributed by atoms with Gasteiger partial charge in [-0.1, -0.05) is 112 Å². The van der Waals surface area contributed by atoms with Crippen molar-refractivity contribution in [2.75, 3.05) is 79.1 Å². The van der Waals surface area contributed by atoms with Crippen LogP contribution in [0.25, 0.3) is 11.1 Å². The van der Waals surface area contributed by atoms with Gasteiger partial charge in [-0.15, -0.1) is 0 Å². The molecule has 27 heteroatoms. The molecule has 5 aromatic rings. The number of amides is 7. The van der Waals surface area contributed by atoms with Gasteiger partial charge in [-0.05, 0) is 80.0 Å².